The van der Waals surface area contributed by atoms with Crippen LogP contribution in [-0.4, -0.2) is 47.7 Å². The summed E-state index contributed by atoms with van der Waals surface area (Å²) in [5, 5.41) is 12.2. The maximum Gasteiger partial charge on any atom is 0.304 e. The van der Waals surface area contributed by atoms with Crippen molar-refractivity contribution in [2.24, 2.45) is 0 Å². The van der Waals surface area contributed by atoms with Crippen molar-refractivity contribution in [1.29, 1.82) is 0 Å². The maximum atomic E-state index is 10.7. The largest absolute Gasteiger partial charge is 0.481 e. The average Bonchev–Trinajstić information content (AvgIpc) is 2.66. The Morgan fingerprint density at radius 1 is 1.31 bits per heavy atom. The van der Waals surface area contributed by atoms with Crippen molar-refractivity contribution in [2.75, 3.05) is 19.6 Å². The van der Waals surface area contributed by atoms with Gasteiger partial charge in [-0.15, -0.1) is 0 Å². The molecule has 2 rings (SSSR count). The minimum absolute atomic E-state index is 0.139. The SMILES string of the molecule is O=C(O)CC1CN(C2CCCC2)CCCN1. The van der Waals surface area contributed by atoms with Gasteiger partial charge in [0.15, 0.2) is 0 Å². The summed E-state index contributed by atoms with van der Waals surface area (Å²) in [7, 11) is 0. The zero-order valence-corrected chi connectivity index (χ0v) is 9.82. The van der Waals surface area contributed by atoms with Crippen LogP contribution in [0.25, 0.3) is 0 Å². The van der Waals surface area contributed by atoms with E-state index in [9.17, 15) is 4.79 Å². The minimum Gasteiger partial charge on any atom is -0.481 e. The van der Waals surface area contributed by atoms with Crippen LogP contribution in [0.2, 0.25) is 0 Å². The third-order valence-electron chi connectivity index (χ3n) is 3.77. The fourth-order valence-electron chi connectivity index (χ4n) is 2.98. The Hall–Kier alpha value is -0.610. The van der Waals surface area contributed by atoms with E-state index in [1.165, 1.54) is 25.7 Å². The highest BCUT2D eigenvalue weighted by Gasteiger charge is 2.27. The van der Waals surface area contributed by atoms with Crippen molar-refractivity contribution in [3.05, 3.63) is 0 Å². The molecule has 16 heavy (non-hydrogen) atoms. The first-order chi connectivity index (χ1) is 7.75. The zero-order valence-electron chi connectivity index (χ0n) is 9.82. The van der Waals surface area contributed by atoms with E-state index in [0.717, 1.165) is 32.1 Å². The number of hydrogen-bond donors (Lipinski definition) is 2. The van der Waals surface area contributed by atoms with Crippen LogP contribution in [0, 0.1) is 0 Å². The van der Waals surface area contributed by atoms with E-state index in [4.69, 9.17) is 5.11 Å². The van der Waals surface area contributed by atoms with Gasteiger partial charge in [-0.25, -0.2) is 0 Å². The van der Waals surface area contributed by atoms with Crippen molar-refractivity contribution >= 4 is 5.97 Å². The number of carboxylic acid groups (broad SMARTS) is 1. The zero-order chi connectivity index (χ0) is 11.4. The Balaban J connectivity index is 1.89. The molecule has 2 aliphatic rings. The summed E-state index contributed by atoms with van der Waals surface area (Å²) in [6, 6.07) is 0.858. The molecule has 1 aliphatic heterocycles. The molecule has 2 N–H and O–H groups in total. The fourth-order valence-corrected chi connectivity index (χ4v) is 2.98. The molecule has 1 saturated carbocycles. The highest BCUT2D eigenvalue weighted by molar-refractivity contribution is 5.67. The summed E-state index contributed by atoms with van der Waals surface area (Å²) in [6.45, 7) is 3.01. The molecule has 1 saturated heterocycles. The smallest absolute Gasteiger partial charge is 0.304 e. The second kappa shape index (κ2) is 5.64. The van der Waals surface area contributed by atoms with Crippen LogP contribution < -0.4 is 5.32 Å². The van der Waals surface area contributed by atoms with E-state index >= 15 is 0 Å². The van der Waals surface area contributed by atoms with Gasteiger partial charge in [0.1, 0.15) is 0 Å². The van der Waals surface area contributed by atoms with Crippen LogP contribution in [0.5, 0.6) is 0 Å². The molecule has 4 heteroatoms. The first-order valence-electron chi connectivity index (χ1n) is 6.45. The van der Waals surface area contributed by atoms with Crippen molar-refractivity contribution in [3.8, 4) is 0 Å². The van der Waals surface area contributed by atoms with Gasteiger partial charge in [-0.3, -0.25) is 9.69 Å². The van der Waals surface area contributed by atoms with Gasteiger partial charge in [0.2, 0.25) is 0 Å². The lowest BCUT2D eigenvalue weighted by Crippen LogP contribution is -2.42. The summed E-state index contributed by atoms with van der Waals surface area (Å²) >= 11 is 0. The lowest BCUT2D eigenvalue weighted by molar-refractivity contribution is -0.137. The Morgan fingerprint density at radius 2 is 2.06 bits per heavy atom. The van der Waals surface area contributed by atoms with Crippen LogP contribution in [0.15, 0.2) is 0 Å². The molecule has 1 heterocycles. The Morgan fingerprint density at radius 3 is 2.75 bits per heavy atom. The lowest BCUT2D eigenvalue weighted by Gasteiger charge is -2.29. The van der Waals surface area contributed by atoms with Gasteiger partial charge in [-0.05, 0) is 32.4 Å². The summed E-state index contributed by atoms with van der Waals surface area (Å²) < 4.78 is 0. The molecule has 1 aliphatic carbocycles. The standard InChI is InChI=1S/C12H22N2O2/c15-12(16)8-10-9-14(7-3-6-13-10)11-4-1-2-5-11/h10-11,13H,1-9H2,(H,15,16). The van der Waals surface area contributed by atoms with Crippen molar-refractivity contribution < 1.29 is 9.90 Å². The van der Waals surface area contributed by atoms with Crippen molar-refractivity contribution in [1.82, 2.24) is 10.2 Å². The van der Waals surface area contributed by atoms with Crippen molar-refractivity contribution in [2.45, 2.75) is 50.6 Å². The quantitative estimate of drug-likeness (QED) is 0.756. The highest BCUT2D eigenvalue weighted by Crippen LogP contribution is 2.24. The van der Waals surface area contributed by atoms with E-state index in [0.29, 0.717) is 0 Å². The number of carbonyl (C=O) groups is 1. The molecule has 0 aromatic carbocycles. The normalized spacial score (nSPS) is 29.1. The van der Waals surface area contributed by atoms with Gasteiger partial charge in [0.05, 0.1) is 6.42 Å². The molecule has 92 valence electrons. The Bertz CT molecular complexity index is 239. The van der Waals surface area contributed by atoms with Gasteiger partial charge in [0, 0.05) is 18.6 Å². The predicted octanol–water partition coefficient (Wildman–Crippen LogP) is 1.07. The molecule has 4 nitrogen and oxygen atoms in total. The number of carboxylic acids is 1. The average molecular weight is 226 g/mol. The Labute approximate surface area is 97.0 Å². The maximum absolute atomic E-state index is 10.7. The van der Waals surface area contributed by atoms with Gasteiger partial charge >= 0.3 is 5.97 Å². The van der Waals surface area contributed by atoms with E-state index in [-0.39, 0.29) is 12.5 Å². The van der Waals surface area contributed by atoms with Gasteiger partial charge in [0.25, 0.3) is 0 Å². The molecule has 2 fully saturated rings. The molecule has 0 amide bonds. The van der Waals surface area contributed by atoms with Crippen LogP contribution in [0.1, 0.15) is 38.5 Å². The molecule has 0 spiro atoms. The molecule has 1 atom stereocenters. The summed E-state index contributed by atoms with van der Waals surface area (Å²) in [5.74, 6) is -0.689. The highest BCUT2D eigenvalue weighted by atomic mass is 16.4. The van der Waals surface area contributed by atoms with Crippen molar-refractivity contribution in [3.63, 3.8) is 0 Å². The van der Waals surface area contributed by atoms with E-state index in [2.05, 4.69) is 10.2 Å². The predicted molar refractivity (Wildman–Crippen MR) is 62.5 cm³/mol. The second-order valence-corrected chi connectivity index (χ2v) is 5.04. The molecule has 1 unspecified atom stereocenters. The second-order valence-electron chi connectivity index (χ2n) is 5.04. The fraction of sp³-hybridized carbons (Fsp3) is 0.917. The molecule has 0 aromatic heterocycles. The number of nitrogens with zero attached hydrogens (tertiary/aromatic N) is 1. The lowest BCUT2D eigenvalue weighted by atomic mass is 10.1. The molecule has 0 radical (unpaired) electrons. The van der Waals surface area contributed by atoms with Crippen LogP contribution in [0.3, 0.4) is 0 Å². The van der Waals surface area contributed by atoms with Gasteiger partial charge in [-0.1, -0.05) is 12.8 Å². The third-order valence-corrected chi connectivity index (χ3v) is 3.77. The molecule has 0 bridgehead atoms. The van der Waals surface area contributed by atoms with E-state index < -0.39 is 5.97 Å². The molecular formula is C12H22N2O2. The van der Waals surface area contributed by atoms with Crippen LogP contribution in [-0.2, 0) is 4.79 Å². The van der Waals surface area contributed by atoms with E-state index in [1.807, 2.05) is 0 Å². The Kier molecular flexibility index (Phi) is 4.18. The van der Waals surface area contributed by atoms with E-state index in [1.54, 1.807) is 0 Å². The number of hydrogen-bond acceptors (Lipinski definition) is 3. The summed E-state index contributed by atoms with van der Waals surface area (Å²) in [6.07, 6.45) is 6.70. The minimum atomic E-state index is -0.689. The summed E-state index contributed by atoms with van der Waals surface area (Å²) in [4.78, 5) is 13.3. The first-order valence-corrected chi connectivity index (χ1v) is 6.45. The van der Waals surface area contributed by atoms with Crippen LogP contribution >= 0.6 is 0 Å². The first kappa shape index (κ1) is 11.9. The molecular weight excluding hydrogens is 204 g/mol. The van der Waals surface area contributed by atoms with Crippen LogP contribution in [0.4, 0.5) is 0 Å². The number of rotatable bonds is 3. The van der Waals surface area contributed by atoms with Gasteiger partial charge in [-0.2, -0.15) is 0 Å². The molecule has 0 aromatic rings. The summed E-state index contributed by atoms with van der Waals surface area (Å²) in [5.41, 5.74) is 0. The monoisotopic (exact) mass is 226 g/mol. The topological polar surface area (TPSA) is 52.6 Å². The third kappa shape index (κ3) is 3.19. The van der Waals surface area contributed by atoms with Gasteiger partial charge < -0.3 is 10.4 Å². The number of nitrogens with one attached hydrogen (secondary N) is 1. The number of aliphatic carboxylic acids is 1.